The molecule has 1 aromatic carbocycles. The van der Waals surface area contributed by atoms with Crippen molar-refractivity contribution in [3.63, 3.8) is 0 Å². The van der Waals surface area contributed by atoms with E-state index in [0.29, 0.717) is 58.2 Å². The van der Waals surface area contributed by atoms with Gasteiger partial charge in [-0.15, -0.1) is 0 Å². The van der Waals surface area contributed by atoms with Crippen LogP contribution in [0.15, 0.2) is 24.3 Å². The van der Waals surface area contributed by atoms with Gasteiger partial charge in [0.15, 0.2) is 0 Å². The molecule has 1 N–H and O–H groups in total. The maximum atomic E-state index is 12.6. The zero-order valence-corrected chi connectivity index (χ0v) is 16.9. The van der Waals surface area contributed by atoms with Crippen LogP contribution < -0.4 is 10.1 Å². The van der Waals surface area contributed by atoms with Crippen LogP contribution in [0.5, 0.6) is 5.75 Å². The lowest BCUT2D eigenvalue weighted by atomic mass is 10.2. The van der Waals surface area contributed by atoms with Crippen molar-refractivity contribution in [2.24, 2.45) is 0 Å². The van der Waals surface area contributed by atoms with Gasteiger partial charge in [0.25, 0.3) is 0 Å². The van der Waals surface area contributed by atoms with Gasteiger partial charge in [-0.2, -0.15) is 0 Å². The third-order valence-electron chi connectivity index (χ3n) is 5.37. The number of morpholine rings is 1. The Bertz CT molecular complexity index is 725. The predicted molar refractivity (Wildman–Crippen MR) is 107 cm³/mol. The van der Waals surface area contributed by atoms with Crippen LogP contribution in [0.4, 0.5) is 5.69 Å². The zero-order valence-electron chi connectivity index (χ0n) is 16.9. The van der Waals surface area contributed by atoms with Crippen molar-refractivity contribution in [3.05, 3.63) is 24.3 Å². The van der Waals surface area contributed by atoms with Crippen LogP contribution in [-0.2, 0) is 19.1 Å². The number of nitrogens with zero attached hydrogens (tertiary/aromatic N) is 3. The fourth-order valence-electron chi connectivity index (χ4n) is 3.44. The summed E-state index contributed by atoms with van der Waals surface area (Å²) in [5, 5.41) is 2.90. The summed E-state index contributed by atoms with van der Waals surface area (Å²) in [7, 11) is 1.59. The molecule has 9 heteroatoms. The van der Waals surface area contributed by atoms with E-state index in [4.69, 9.17) is 9.47 Å². The Labute approximate surface area is 170 Å². The number of hydrogen-bond acceptors (Lipinski definition) is 6. The van der Waals surface area contributed by atoms with Gasteiger partial charge >= 0.3 is 11.8 Å². The number of nitrogens with one attached hydrogen (secondary N) is 1. The second-order valence-electron chi connectivity index (χ2n) is 7.13. The van der Waals surface area contributed by atoms with Gasteiger partial charge in [-0.3, -0.25) is 19.3 Å². The Kier molecular flexibility index (Phi) is 7.05. The lowest BCUT2D eigenvalue weighted by Gasteiger charge is -2.38. The molecule has 2 aliphatic heterocycles. The summed E-state index contributed by atoms with van der Waals surface area (Å²) in [6.07, 6.45) is 0. The first kappa shape index (κ1) is 21.1. The van der Waals surface area contributed by atoms with Crippen LogP contribution >= 0.6 is 0 Å². The van der Waals surface area contributed by atoms with E-state index in [2.05, 4.69) is 5.32 Å². The average molecular weight is 404 g/mol. The fraction of sp³-hybridized carbons (Fsp3) is 0.550. The highest BCUT2D eigenvalue weighted by Gasteiger charge is 2.32. The van der Waals surface area contributed by atoms with Crippen molar-refractivity contribution in [1.29, 1.82) is 0 Å². The lowest BCUT2D eigenvalue weighted by Crippen LogP contribution is -2.57. The Morgan fingerprint density at radius 3 is 2.03 bits per heavy atom. The first-order valence-corrected chi connectivity index (χ1v) is 9.84. The molecule has 29 heavy (non-hydrogen) atoms. The Morgan fingerprint density at radius 1 is 0.931 bits per heavy atom. The van der Waals surface area contributed by atoms with Crippen LogP contribution in [0.2, 0.25) is 0 Å². The number of carbonyl (C=O) groups excluding carboxylic acids is 3. The summed E-state index contributed by atoms with van der Waals surface area (Å²) in [6, 6.07) is 6.81. The number of piperazine rings is 1. The topological polar surface area (TPSA) is 91.4 Å². The van der Waals surface area contributed by atoms with E-state index in [0.717, 1.165) is 5.75 Å². The molecule has 3 rings (SSSR count). The molecule has 2 saturated heterocycles. The number of amides is 3. The molecule has 0 saturated carbocycles. The van der Waals surface area contributed by atoms with E-state index in [9.17, 15) is 14.4 Å². The molecule has 1 atom stereocenters. The molecule has 0 spiro atoms. The molecule has 0 bridgehead atoms. The summed E-state index contributed by atoms with van der Waals surface area (Å²) >= 11 is 0. The number of carbonyl (C=O) groups is 3. The van der Waals surface area contributed by atoms with E-state index in [1.54, 1.807) is 41.2 Å². The molecule has 2 aliphatic rings. The summed E-state index contributed by atoms with van der Waals surface area (Å²) < 4.78 is 10.3. The minimum absolute atomic E-state index is 0.112. The fourth-order valence-corrected chi connectivity index (χ4v) is 3.44. The van der Waals surface area contributed by atoms with Gasteiger partial charge in [0.1, 0.15) is 5.75 Å². The van der Waals surface area contributed by atoms with E-state index in [-0.39, 0.29) is 11.9 Å². The Balaban J connectivity index is 1.47. The third-order valence-corrected chi connectivity index (χ3v) is 5.37. The van der Waals surface area contributed by atoms with Gasteiger partial charge in [0.05, 0.1) is 26.4 Å². The lowest BCUT2D eigenvalue weighted by molar-refractivity contribution is -0.155. The normalized spacial score (nSPS) is 18.8. The Hall–Kier alpha value is -2.65. The number of anilines is 1. The predicted octanol–water partition coefficient (Wildman–Crippen LogP) is 0.0252. The molecule has 9 nitrogen and oxygen atoms in total. The standard InChI is InChI=1S/C20H28N4O5/c1-15(18(25)21-16-3-5-17(28-2)6-4-16)22-7-9-23(10-8-22)19(26)20(27)24-11-13-29-14-12-24/h3-6,15H,7-14H2,1-2H3,(H,21,25)/t15-/m1/s1. The maximum Gasteiger partial charge on any atom is 0.312 e. The van der Waals surface area contributed by atoms with Crippen molar-refractivity contribution in [1.82, 2.24) is 14.7 Å². The molecule has 0 radical (unpaired) electrons. The van der Waals surface area contributed by atoms with Crippen LogP contribution in [0.3, 0.4) is 0 Å². The van der Waals surface area contributed by atoms with E-state index in [1.807, 2.05) is 11.8 Å². The van der Waals surface area contributed by atoms with E-state index in [1.165, 1.54) is 0 Å². The minimum Gasteiger partial charge on any atom is -0.497 e. The first-order chi connectivity index (χ1) is 14.0. The SMILES string of the molecule is COc1ccc(NC(=O)[C@@H](C)N2CCN(C(=O)C(=O)N3CCOCC3)CC2)cc1. The molecular weight excluding hydrogens is 376 g/mol. The van der Waals surface area contributed by atoms with Gasteiger partial charge < -0.3 is 24.6 Å². The molecule has 0 unspecified atom stereocenters. The molecular formula is C20H28N4O5. The number of rotatable bonds is 4. The smallest absolute Gasteiger partial charge is 0.312 e. The molecule has 0 aromatic heterocycles. The van der Waals surface area contributed by atoms with Crippen molar-refractivity contribution < 1.29 is 23.9 Å². The van der Waals surface area contributed by atoms with Crippen molar-refractivity contribution in [2.45, 2.75) is 13.0 Å². The van der Waals surface area contributed by atoms with Gasteiger partial charge in [0.2, 0.25) is 5.91 Å². The molecule has 2 heterocycles. The summed E-state index contributed by atoms with van der Waals surface area (Å²) in [6.45, 7) is 5.61. The highest BCUT2D eigenvalue weighted by Crippen LogP contribution is 2.16. The Morgan fingerprint density at radius 2 is 1.48 bits per heavy atom. The summed E-state index contributed by atoms with van der Waals surface area (Å²) in [5.74, 6) is -0.322. The van der Waals surface area contributed by atoms with E-state index < -0.39 is 11.8 Å². The largest absolute Gasteiger partial charge is 0.497 e. The number of ether oxygens (including phenoxy) is 2. The van der Waals surface area contributed by atoms with Gasteiger partial charge in [-0.25, -0.2) is 0 Å². The maximum absolute atomic E-state index is 12.6. The van der Waals surface area contributed by atoms with Crippen LogP contribution in [0.25, 0.3) is 0 Å². The van der Waals surface area contributed by atoms with Gasteiger partial charge in [-0.1, -0.05) is 0 Å². The quantitative estimate of drug-likeness (QED) is 0.712. The number of hydrogen-bond donors (Lipinski definition) is 1. The molecule has 1 aromatic rings. The number of methoxy groups -OCH3 is 1. The molecule has 158 valence electrons. The second-order valence-corrected chi connectivity index (χ2v) is 7.13. The monoisotopic (exact) mass is 404 g/mol. The highest BCUT2D eigenvalue weighted by atomic mass is 16.5. The van der Waals surface area contributed by atoms with Crippen LogP contribution in [-0.4, -0.2) is 98.1 Å². The number of benzene rings is 1. The average Bonchev–Trinajstić information content (AvgIpc) is 2.78. The minimum atomic E-state index is -0.470. The van der Waals surface area contributed by atoms with Gasteiger partial charge in [-0.05, 0) is 31.2 Å². The van der Waals surface area contributed by atoms with Gasteiger partial charge in [0, 0.05) is 45.0 Å². The molecule has 3 amide bonds. The van der Waals surface area contributed by atoms with Crippen LogP contribution in [0, 0.1) is 0 Å². The first-order valence-electron chi connectivity index (χ1n) is 9.84. The summed E-state index contributed by atoms with van der Waals surface area (Å²) in [5.41, 5.74) is 0.701. The van der Waals surface area contributed by atoms with Crippen molar-refractivity contribution in [2.75, 3.05) is 64.9 Å². The van der Waals surface area contributed by atoms with E-state index >= 15 is 0 Å². The van der Waals surface area contributed by atoms with Crippen molar-refractivity contribution in [3.8, 4) is 5.75 Å². The van der Waals surface area contributed by atoms with Crippen molar-refractivity contribution >= 4 is 23.4 Å². The summed E-state index contributed by atoms with van der Waals surface area (Å²) in [4.78, 5) is 42.5. The second kappa shape index (κ2) is 9.71. The van der Waals surface area contributed by atoms with Crippen LogP contribution in [0.1, 0.15) is 6.92 Å². The molecule has 2 fully saturated rings. The highest BCUT2D eigenvalue weighted by molar-refractivity contribution is 6.34. The zero-order chi connectivity index (χ0) is 20.8. The third kappa shape index (κ3) is 5.24. The molecule has 0 aliphatic carbocycles.